The molecule has 0 fully saturated rings. The van der Waals surface area contributed by atoms with E-state index in [2.05, 4.69) is 12.1 Å². The van der Waals surface area contributed by atoms with E-state index in [4.69, 9.17) is 9.07 Å². The van der Waals surface area contributed by atoms with Gasteiger partial charge in [-0.1, -0.05) is 30.3 Å². The molecular formula is C6H6BrClMg. The first kappa shape index (κ1) is 9.76. The molecule has 0 spiro atoms. The van der Waals surface area contributed by atoms with Crippen molar-refractivity contribution in [3.63, 3.8) is 0 Å². The van der Waals surface area contributed by atoms with Crippen LogP contribution in [0.4, 0.5) is 0 Å². The topological polar surface area (TPSA) is 0 Å². The lowest BCUT2D eigenvalue weighted by atomic mass is 10.4. The van der Waals surface area contributed by atoms with Crippen LogP contribution < -0.4 is 3.69 Å². The van der Waals surface area contributed by atoms with Gasteiger partial charge in [0.25, 0.3) is 0 Å². The highest BCUT2D eigenvalue weighted by Crippen LogP contribution is 1.81. The summed E-state index contributed by atoms with van der Waals surface area (Å²) in [5.41, 5.74) is 0. The van der Waals surface area contributed by atoms with Gasteiger partial charge in [-0.15, -0.1) is 20.7 Å². The van der Waals surface area contributed by atoms with Crippen LogP contribution in [-0.2, 0) is 0 Å². The smallest absolute Gasteiger partial charge is 0.336 e. The summed E-state index contributed by atoms with van der Waals surface area (Å²) in [4.78, 5) is 0. The molecule has 1 aromatic carbocycles. The zero-order valence-electron chi connectivity index (χ0n) is 4.88. The van der Waals surface area contributed by atoms with Gasteiger partial charge in [-0.05, 0) is 0 Å². The Morgan fingerprint density at radius 3 is 2.00 bits per heavy atom. The van der Waals surface area contributed by atoms with Crippen molar-refractivity contribution in [1.29, 1.82) is 0 Å². The van der Waals surface area contributed by atoms with Crippen molar-refractivity contribution in [3.05, 3.63) is 30.3 Å². The molecule has 0 bridgehead atoms. The lowest BCUT2D eigenvalue weighted by Crippen LogP contribution is -2.05. The molecule has 0 atom stereocenters. The van der Waals surface area contributed by atoms with Gasteiger partial charge in [0.05, 0.1) is 0 Å². The normalized spacial score (nSPS) is 7.22. The Labute approximate surface area is 78.9 Å². The van der Waals surface area contributed by atoms with Crippen molar-refractivity contribution in [3.8, 4) is 0 Å². The average Bonchev–Trinajstić information content (AvgIpc) is 1.90. The van der Waals surface area contributed by atoms with Crippen LogP contribution in [0.1, 0.15) is 0 Å². The van der Waals surface area contributed by atoms with Crippen molar-refractivity contribution < 1.29 is 0 Å². The molecule has 0 radical (unpaired) electrons. The molecule has 0 aliphatic heterocycles. The molecule has 0 nitrogen and oxygen atoms in total. The van der Waals surface area contributed by atoms with Crippen molar-refractivity contribution in [2.45, 2.75) is 0 Å². The van der Waals surface area contributed by atoms with E-state index in [9.17, 15) is 0 Å². The van der Waals surface area contributed by atoms with E-state index in [-0.39, 0.29) is 17.0 Å². The highest BCUT2D eigenvalue weighted by molar-refractivity contribution is 8.93. The SMILES string of the molecule is Br.[Cl][Mg][c]1ccccc1. The fourth-order valence-electron chi connectivity index (χ4n) is 0.567. The third kappa shape index (κ3) is 3.45. The summed E-state index contributed by atoms with van der Waals surface area (Å²) >= 11 is -0.437. The Morgan fingerprint density at radius 2 is 1.67 bits per heavy atom. The zero-order chi connectivity index (χ0) is 5.82. The van der Waals surface area contributed by atoms with E-state index in [0.29, 0.717) is 0 Å². The summed E-state index contributed by atoms with van der Waals surface area (Å²) in [6, 6.07) is 10.2. The monoisotopic (exact) mass is 216 g/mol. The molecule has 0 aliphatic rings. The number of hydrogen-bond acceptors (Lipinski definition) is 0. The quantitative estimate of drug-likeness (QED) is 0.629. The molecule has 46 valence electrons. The third-order valence-electron chi connectivity index (χ3n) is 0.997. The first-order valence-electron chi connectivity index (χ1n) is 2.53. The second kappa shape index (κ2) is 5.53. The average molecular weight is 218 g/mol. The second-order valence-corrected chi connectivity index (χ2v) is 3.50. The molecule has 1 aromatic rings. The van der Waals surface area contributed by atoms with Gasteiger partial charge in [0.2, 0.25) is 0 Å². The Hall–Kier alpha value is 0.756. The molecule has 0 aliphatic carbocycles. The van der Waals surface area contributed by atoms with Crippen LogP contribution in [0.25, 0.3) is 0 Å². The van der Waals surface area contributed by atoms with Crippen LogP contribution in [0.5, 0.6) is 0 Å². The van der Waals surface area contributed by atoms with E-state index < -0.39 is 19.3 Å². The van der Waals surface area contributed by atoms with Gasteiger partial charge in [0.15, 0.2) is 0 Å². The highest BCUT2D eigenvalue weighted by Gasteiger charge is 1.89. The molecule has 0 aromatic heterocycles. The van der Waals surface area contributed by atoms with Gasteiger partial charge in [-0.25, -0.2) is 0 Å². The minimum atomic E-state index is -0.437. The van der Waals surface area contributed by atoms with Gasteiger partial charge < -0.3 is 9.07 Å². The highest BCUT2D eigenvalue weighted by atomic mass is 79.9. The van der Waals surface area contributed by atoms with Crippen molar-refractivity contribution in [2.75, 3.05) is 0 Å². The number of rotatable bonds is 1. The minimum Gasteiger partial charge on any atom is -0.336 e. The Kier molecular flexibility index (Phi) is 6.00. The minimum absolute atomic E-state index is 0. The van der Waals surface area contributed by atoms with Gasteiger partial charge in [-0.3, -0.25) is 0 Å². The maximum atomic E-state index is 5.67. The van der Waals surface area contributed by atoms with Crippen molar-refractivity contribution in [2.24, 2.45) is 0 Å². The van der Waals surface area contributed by atoms with E-state index in [1.807, 2.05) is 18.2 Å². The third-order valence-corrected chi connectivity index (χ3v) is 2.70. The van der Waals surface area contributed by atoms with Crippen LogP contribution in [0.15, 0.2) is 30.3 Å². The van der Waals surface area contributed by atoms with Crippen molar-refractivity contribution in [1.82, 2.24) is 0 Å². The first-order valence-corrected chi connectivity index (χ1v) is 5.38. The number of halogens is 2. The standard InChI is InChI=1S/C6H5.BrH.ClH.Mg/c1-2-4-6-5-3-1;;;/h1-5H;2*1H;/q;;;+1/p-1. The predicted molar refractivity (Wildman–Crippen MR) is 48.0 cm³/mol. The zero-order valence-corrected chi connectivity index (χ0v) is 8.76. The van der Waals surface area contributed by atoms with Gasteiger partial charge in [-0.2, -0.15) is 0 Å². The fourth-order valence-corrected chi connectivity index (χ4v) is 1.55. The Balaban J connectivity index is 0.000000640. The molecule has 0 saturated carbocycles. The molecule has 1 rings (SSSR count). The summed E-state index contributed by atoms with van der Waals surface area (Å²) in [6.07, 6.45) is 0. The van der Waals surface area contributed by atoms with E-state index in [0.717, 1.165) is 0 Å². The largest absolute Gasteiger partial charge is 0.538 e. The van der Waals surface area contributed by atoms with E-state index >= 15 is 0 Å². The molecule has 0 saturated heterocycles. The summed E-state index contributed by atoms with van der Waals surface area (Å²) in [7, 11) is 5.67. The van der Waals surface area contributed by atoms with Crippen LogP contribution in [0, 0.1) is 0 Å². The maximum absolute atomic E-state index is 5.67. The summed E-state index contributed by atoms with van der Waals surface area (Å²) < 4.78 is 1.31. The lowest BCUT2D eigenvalue weighted by Gasteiger charge is -1.87. The predicted octanol–water partition coefficient (Wildman–Crippen LogP) is 1.75. The molecule has 0 N–H and O–H groups in total. The molecule has 0 unspecified atom stereocenters. The van der Waals surface area contributed by atoms with Crippen LogP contribution in [0.3, 0.4) is 0 Å². The Bertz CT molecular complexity index is 154. The number of hydrogen-bond donors (Lipinski definition) is 0. The van der Waals surface area contributed by atoms with E-state index in [1.165, 1.54) is 3.69 Å². The van der Waals surface area contributed by atoms with Crippen molar-refractivity contribution >= 4 is 49.0 Å². The van der Waals surface area contributed by atoms with E-state index in [1.54, 1.807) is 0 Å². The molecule has 0 heterocycles. The summed E-state index contributed by atoms with van der Waals surface area (Å²) in [5.74, 6) is 0. The molecule has 0 amide bonds. The van der Waals surface area contributed by atoms with Gasteiger partial charge >= 0.3 is 19.3 Å². The fraction of sp³-hybridized carbons (Fsp3) is 0. The van der Waals surface area contributed by atoms with Crippen LogP contribution in [-0.4, -0.2) is 19.3 Å². The number of benzene rings is 1. The van der Waals surface area contributed by atoms with Gasteiger partial charge in [0, 0.05) is 0 Å². The summed E-state index contributed by atoms with van der Waals surface area (Å²) in [5, 5.41) is 0. The van der Waals surface area contributed by atoms with Gasteiger partial charge in [0.1, 0.15) is 0 Å². The molecule has 3 heteroatoms. The summed E-state index contributed by atoms with van der Waals surface area (Å²) in [6.45, 7) is 0. The molecule has 9 heavy (non-hydrogen) atoms. The Morgan fingerprint density at radius 1 is 1.11 bits per heavy atom. The first-order chi connectivity index (χ1) is 3.93. The second-order valence-electron chi connectivity index (χ2n) is 1.62. The van der Waals surface area contributed by atoms with Crippen LogP contribution in [0.2, 0.25) is 0 Å². The van der Waals surface area contributed by atoms with Crippen LogP contribution >= 0.6 is 26.1 Å². The molecular weight excluding hydrogens is 212 g/mol. The lowest BCUT2D eigenvalue weighted by molar-refractivity contribution is 1.77. The maximum Gasteiger partial charge on any atom is 0.538 e.